The maximum absolute atomic E-state index is 14.8. The Balaban J connectivity index is 1.54. The van der Waals surface area contributed by atoms with E-state index in [0.717, 1.165) is 17.0 Å². The minimum atomic E-state index is -0.603. The molecule has 28 heavy (non-hydrogen) atoms. The number of carbonyl (C=O) groups excluding carboxylic acids is 1. The van der Waals surface area contributed by atoms with E-state index >= 15 is 0 Å². The molecular formula is C21H23FN4O2. The first-order valence-electron chi connectivity index (χ1n) is 9.32. The van der Waals surface area contributed by atoms with Crippen LogP contribution in [0.3, 0.4) is 0 Å². The lowest BCUT2D eigenvalue weighted by Gasteiger charge is -2.40. The summed E-state index contributed by atoms with van der Waals surface area (Å²) in [6.07, 6.45) is 1.59. The molecule has 0 spiro atoms. The van der Waals surface area contributed by atoms with Gasteiger partial charge in [-0.2, -0.15) is 4.39 Å². The summed E-state index contributed by atoms with van der Waals surface area (Å²) in [6, 6.07) is 11.4. The molecule has 3 aromatic rings. The molecule has 1 saturated heterocycles. The predicted molar refractivity (Wildman–Crippen MR) is 106 cm³/mol. The fraction of sp³-hybridized carbons (Fsp3) is 0.333. The van der Waals surface area contributed by atoms with Crippen LogP contribution in [0, 0.1) is 12.9 Å². The summed E-state index contributed by atoms with van der Waals surface area (Å²) in [5.41, 5.74) is 2.28. The van der Waals surface area contributed by atoms with Crippen LogP contribution in [0.5, 0.6) is 5.75 Å². The highest BCUT2D eigenvalue weighted by atomic mass is 19.1. The van der Waals surface area contributed by atoms with Crippen molar-refractivity contribution in [3.05, 3.63) is 59.8 Å². The Morgan fingerprint density at radius 1 is 1.21 bits per heavy atom. The van der Waals surface area contributed by atoms with Crippen molar-refractivity contribution in [1.82, 2.24) is 14.3 Å². The third-order valence-corrected chi connectivity index (χ3v) is 5.32. The van der Waals surface area contributed by atoms with E-state index in [4.69, 9.17) is 4.74 Å². The van der Waals surface area contributed by atoms with Crippen LogP contribution in [0.25, 0.3) is 5.65 Å². The zero-order valence-electron chi connectivity index (χ0n) is 16.2. The van der Waals surface area contributed by atoms with E-state index in [1.54, 1.807) is 24.3 Å². The third-order valence-electron chi connectivity index (χ3n) is 5.32. The van der Waals surface area contributed by atoms with Gasteiger partial charge in [-0.15, -0.1) is 0 Å². The summed E-state index contributed by atoms with van der Waals surface area (Å²) in [7, 11) is 1.64. The number of piperazine rings is 1. The Bertz CT molecular complexity index is 1020. The lowest BCUT2D eigenvalue weighted by Crippen LogP contribution is -2.54. The number of benzene rings is 1. The summed E-state index contributed by atoms with van der Waals surface area (Å²) in [6.45, 7) is 5.69. The maximum atomic E-state index is 14.8. The molecule has 3 heterocycles. The molecule has 6 nitrogen and oxygen atoms in total. The first-order chi connectivity index (χ1) is 13.5. The van der Waals surface area contributed by atoms with Crippen molar-refractivity contribution in [3.63, 3.8) is 0 Å². The summed E-state index contributed by atoms with van der Waals surface area (Å²) >= 11 is 0. The number of methoxy groups -OCH3 is 1. The second-order valence-corrected chi connectivity index (χ2v) is 7.13. The maximum Gasteiger partial charge on any atom is 0.277 e. The van der Waals surface area contributed by atoms with Gasteiger partial charge in [0.25, 0.3) is 5.91 Å². The van der Waals surface area contributed by atoms with Crippen LogP contribution in [0.15, 0.2) is 42.6 Å². The standard InChI is InChI=1S/C21H23FN4O2/c1-14-5-4-10-26-19(22)18(23-20(14)26)21(27)25-12-11-24(13-15(25)2)16-6-8-17(28-3)9-7-16/h4-10,15H,11-13H2,1-3H3/t15-/m0/s1. The number of aromatic nitrogens is 2. The summed E-state index contributed by atoms with van der Waals surface area (Å²) in [5.74, 6) is -0.154. The number of rotatable bonds is 3. The van der Waals surface area contributed by atoms with Gasteiger partial charge in [-0.25, -0.2) is 4.98 Å². The van der Waals surface area contributed by atoms with Gasteiger partial charge < -0.3 is 14.5 Å². The minimum absolute atomic E-state index is 0.0614. The van der Waals surface area contributed by atoms with Crippen LogP contribution < -0.4 is 9.64 Å². The van der Waals surface area contributed by atoms with Gasteiger partial charge in [0, 0.05) is 37.6 Å². The lowest BCUT2D eigenvalue weighted by molar-refractivity contribution is 0.0663. The molecule has 7 heteroatoms. The van der Waals surface area contributed by atoms with E-state index in [9.17, 15) is 9.18 Å². The quantitative estimate of drug-likeness (QED) is 0.698. The number of carbonyl (C=O) groups is 1. The number of imidazole rings is 1. The number of anilines is 1. The number of fused-ring (bicyclic) bond motifs is 1. The Labute approximate surface area is 163 Å². The van der Waals surface area contributed by atoms with Crippen molar-refractivity contribution < 1.29 is 13.9 Å². The molecule has 0 aliphatic carbocycles. The number of pyridine rings is 1. The van der Waals surface area contributed by atoms with Crippen molar-refractivity contribution in [2.45, 2.75) is 19.9 Å². The molecular weight excluding hydrogens is 359 g/mol. The highest BCUT2D eigenvalue weighted by molar-refractivity contribution is 5.93. The van der Waals surface area contributed by atoms with Crippen LogP contribution in [0.2, 0.25) is 0 Å². The second kappa shape index (κ2) is 7.14. The van der Waals surface area contributed by atoms with E-state index in [2.05, 4.69) is 9.88 Å². The molecule has 0 saturated carbocycles. The molecule has 1 aliphatic heterocycles. The second-order valence-electron chi connectivity index (χ2n) is 7.13. The normalized spacial score (nSPS) is 17.2. The average molecular weight is 382 g/mol. The number of hydrogen-bond acceptors (Lipinski definition) is 4. The van der Waals surface area contributed by atoms with Crippen LogP contribution in [-0.4, -0.2) is 53.0 Å². The zero-order chi connectivity index (χ0) is 19.8. The van der Waals surface area contributed by atoms with Crippen LogP contribution in [-0.2, 0) is 0 Å². The van der Waals surface area contributed by atoms with Gasteiger partial charge in [0.1, 0.15) is 11.4 Å². The number of halogens is 1. The lowest BCUT2D eigenvalue weighted by atomic mass is 10.1. The van der Waals surface area contributed by atoms with Gasteiger partial charge in [0.05, 0.1) is 7.11 Å². The SMILES string of the molecule is COc1ccc(N2CCN(C(=O)c3nc4c(C)cccn4c3F)[C@@H](C)C2)cc1. The third kappa shape index (κ3) is 3.06. The van der Waals surface area contributed by atoms with Crippen LogP contribution in [0.4, 0.5) is 10.1 Å². The van der Waals surface area contributed by atoms with Crippen molar-refractivity contribution >= 4 is 17.2 Å². The number of aryl methyl sites for hydroxylation is 1. The Morgan fingerprint density at radius 3 is 2.61 bits per heavy atom. The molecule has 0 bridgehead atoms. The summed E-state index contributed by atoms with van der Waals surface area (Å²) < 4.78 is 21.3. The first-order valence-corrected chi connectivity index (χ1v) is 9.32. The zero-order valence-corrected chi connectivity index (χ0v) is 16.2. The molecule has 146 valence electrons. The van der Waals surface area contributed by atoms with Crippen molar-refractivity contribution in [1.29, 1.82) is 0 Å². The van der Waals surface area contributed by atoms with Gasteiger partial charge in [0.2, 0.25) is 5.95 Å². The van der Waals surface area contributed by atoms with E-state index in [1.807, 2.05) is 44.2 Å². The van der Waals surface area contributed by atoms with Gasteiger partial charge >= 0.3 is 0 Å². The van der Waals surface area contributed by atoms with Gasteiger partial charge in [-0.05, 0) is 49.7 Å². The largest absolute Gasteiger partial charge is 0.497 e. The van der Waals surface area contributed by atoms with Gasteiger partial charge in [0.15, 0.2) is 5.69 Å². The highest BCUT2D eigenvalue weighted by Crippen LogP contribution is 2.24. The summed E-state index contributed by atoms with van der Waals surface area (Å²) in [5, 5.41) is 0. The predicted octanol–water partition coefficient (Wildman–Crippen LogP) is 3.14. The van der Waals surface area contributed by atoms with Crippen molar-refractivity contribution in [3.8, 4) is 5.75 Å². The van der Waals surface area contributed by atoms with E-state index < -0.39 is 5.95 Å². The van der Waals surface area contributed by atoms with Crippen LogP contribution >= 0.6 is 0 Å². The molecule has 1 aromatic carbocycles. The van der Waals surface area contributed by atoms with E-state index in [1.165, 1.54) is 4.40 Å². The van der Waals surface area contributed by atoms with Gasteiger partial charge in [-0.1, -0.05) is 6.07 Å². The number of ether oxygens (including phenoxy) is 1. The van der Waals surface area contributed by atoms with Crippen LogP contribution in [0.1, 0.15) is 23.0 Å². The first kappa shape index (κ1) is 18.3. The van der Waals surface area contributed by atoms with Crippen molar-refractivity contribution in [2.75, 3.05) is 31.6 Å². The molecule has 1 atom stereocenters. The van der Waals surface area contributed by atoms with Gasteiger partial charge in [-0.3, -0.25) is 9.20 Å². The Hall–Kier alpha value is -3.09. The average Bonchev–Trinajstić information content (AvgIpc) is 3.05. The van der Waals surface area contributed by atoms with E-state index in [0.29, 0.717) is 25.3 Å². The van der Waals surface area contributed by atoms with E-state index in [-0.39, 0.29) is 17.6 Å². The minimum Gasteiger partial charge on any atom is -0.497 e. The molecule has 1 aliphatic rings. The Kier molecular flexibility index (Phi) is 4.66. The molecule has 1 fully saturated rings. The van der Waals surface area contributed by atoms with Crippen molar-refractivity contribution in [2.24, 2.45) is 0 Å². The molecule has 0 radical (unpaired) electrons. The number of nitrogens with zero attached hydrogens (tertiary/aromatic N) is 4. The smallest absolute Gasteiger partial charge is 0.277 e. The highest BCUT2D eigenvalue weighted by Gasteiger charge is 2.32. The fourth-order valence-corrected chi connectivity index (χ4v) is 3.73. The Morgan fingerprint density at radius 2 is 1.96 bits per heavy atom. The monoisotopic (exact) mass is 382 g/mol. The number of amides is 1. The molecule has 0 N–H and O–H groups in total. The fourth-order valence-electron chi connectivity index (χ4n) is 3.73. The molecule has 4 rings (SSSR count). The summed E-state index contributed by atoms with van der Waals surface area (Å²) in [4.78, 5) is 21.2. The molecule has 0 unspecified atom stereocenters. The number of hydrogen-bond donors (Lipinski definition) is 0. The topological polar surface area (TPSA) is 50.1 Å². The molecule has 2 aromatic heterocycles. The molecule has 1 amide bonds.